The van der Waals surface area contributed by atoms with Crippen LogP contribution in [0.2, 0.25) is 10.0 Å². The van der Waals surface area contributed by atoms with E-state index in [1.807, 2.05) is 12.1 Å². The van der Waals surface area contributed by atoms with Gasteiger partial charge in [-0.05, 0) is 54.1 Å². The molecule has 4 aromatic rings. The van der Waals surface area contributed by atoms with E-state index in [4.69, 9.17) is 23.2 Å². The molecule has 7 nitrogen and oxygen atoms in total. The number of nitrogens with one attached hydrogen (secondary N) is 1. The van der Waals surface area contributed by atoms with Crippen molar-refractivity contribution in [3.63, 3.8) is 0 Å². The number of hydrogen-bond acceptors (Lipinski definition) is 6. The highest BCUT2D eigenvalue weighted by Gasteiger charge is 2.19. The summed E-state index contributed by atoms with van der Waals surface area (Å²) >= 11 is 13.1. The zero-order chi connectivity index (χ0) is 24.3. The van der Waals surface area contributed by atoms with Gasteiger partial charge in [0, 0.05) is 21.2 Å². The van der Waals surface area contributed by atoms with Gasteiger partial charge in [-0.15, -0.1) is 10.2 Å². The Morgan fingerprint density at radius 1 is 0.912 bits per heavy atom. The van der Waals surface area contributed by atoms with Crippen molar-refractivity contribution >= 4 is 61.3 Å². The Labute approximate surface area is 211 Å². The van der Waals surface area contributed by atoms with Crippen LogP contribution in [0.5, 0.6) is 0 Å². The van der Waals surface area contributed by atoms with Crippen molar-refractivity contribution in [2.24, 2.45) is 0 Å². The maximum atomic E-state index is 12.7. The van der Waals surface area contributed by atoms with Gasteiger partial charge in [-0.2, -0.15) is 0 Å². The zero-order valence-corrected chi connectivity index (χ0v) is 20.9. The summed E-state index contributed by atoms with van der Waals surface area (Å²) in [5.41, 5.74) is 2.42. The van der Waals surface area contributed by atoms with Crippen molar-refractivity contribution in [2.45, 2.75) is 6.54 Å². The van der Waals surface area contributed by atoms with Gasteiger partial charge in [0.2, 0.25) is 15.2 Å². The monoisotopic (exact) mass is 532 g/mol. The standard InChI is InChI=1S/C23H18Cl2N4O3S2/c1-34(31,32)29(14-15-2-8-18(24)9-3-15)20-12-6-16(7-13-20)21(30)26-23-28-27-22(33-23)17-4-10-19(25)11-5-17/h2-13H,14H2,1H3,(H,26,28,30). The SMILES string of the molecule is CS(=O)(=O)N(Cc1ccc(Cl)cc1)c1ccc(C(=O)Nc2nnc(-c3ccc(Cl)cc3)s2)cc1. The van der Waals surface area contributed by atoms with Crippen molar-refractivity contribution in [1.82, 2.24) is 10.2 Å². The van der Waals surface area contributed by atoms with Crippen molar-refractivity contribution < 1.29 is 13.2 Å². The lowest BCUT2D eigenvalue weighted by molar-refractivity contribution is 0.102. The summed E-state index contributed by atoms with van der Waals surface area (Å²) in [5.74, 6) is -0.381. The fourth-order valence-corrected chi connectivity index (χ4v) is 4.97. The summed E-state index contributed by atoms with van der Waals surface area (Å²) in [4.78, 5) is 12.7. The Kier molecular flexibility index (Phi) is 7.18. The van der Waals surface area contributed by atoms with Gasteiger partial charge in [0.25, 0.3) is 5.91 Å². The zero-order valence-electron chi connectivity index (χ0n) is 17.8. The molecule has 174 valence electrons. The Morgan fingerprint density at radius 2 is 1.50 bits per heavy atom. The van der Waals surface area contributed by atoms with E-state index in [1.165, 1.54) is 15.6 Å². The van der Waals surface area contributed by atoms with Crippen molar-refractivity contribution in [3.05, 3.63) is 94.0 Å². The van der Waals surface area contributed by atoms with Crippen molar-refractivity contribution in [3.8, 4) is 10.6 Å². The molecule has 0 unspecified atom stereocenters. The van der Waals surface area contributed by atoms with Gasteiger partial charge in [0.05, 0.1) is 18.5 Å². The van der Waals surface area contributed by atoms with E-state index in [0.29, 0.717) is 31.4 Å². The molecule has 0 atom stereocenters. The lowest BCUT2D eigenvalue weighted by atomic mass is 10.2. The number of hydrogen-bond donors (Lipinski definition) is 1. The van der Waals surface area contributed by atoms with E-state index in [1.54, 1.807) is 60.7 Å². The average molecular weight is 533 g/mol. The van der Waals surface area contributed by atoms with Crippen LogP contribution in [-0.2, 0) is 16.6 Å². The van der Waals surface area contributed by atoms with E-state index in [-0.39, 0.29) is 12.5 Å². The van der Waals surface area contributed by atoms with Crippen LogP contribution in [0.1, 0.15) is 15.9 Å². The molecule has 0 fully saturated rings. The Morgan fingerprint density at radius 3 is 2.09 bits per heavy atom. The normalized spacial score (nSPS) is 11.3. The first kappa shape index (κ1) is 24.2. The molecule has 0 aliphatic heterocycles. The first-order valence-electron chi connectivity index (χ1n) is 9.92. The fourth-order valence-electron chi connectivity index (χ4n) is 3.09. The molecular weight excluding hydrogens is 515 g/mol. The minimum absolute atomic E-state index is 0.139. The molecule has 0 bridgehead atoms. The van der Waals surface area contributed by atoms with E-state index in [9.17, 15) is 13.2 Å². The van der Waals surface area contributed by atoms with Crippen LogP contribution < -0.4 is 9.62 Å². The van der Waals surface area contributed by atoms with Gasteiger partial charge in [0.15, 0.2) is 0 Å². The van der Waals surface area contributed by atoms with Crippen LogP contribution in [0, 0.1) is 0 Å². The molecule has 0 saturated carbocycles. The number of carbonyl (C=O) groups excluding carboxylic acids is 1. The third-order valence-electron chi connectivity index (χ3n) is 4.79. The summed E-state index contributed by atoms with van der Waals surface area (Å²) in [6.07, 6.45) is 1.14. The van der Waals surface area contributed by atoms with Crippen LogP contribution in [0.3, 0.4) is 0 Å². The Hall–Kier alpha value is -2.98. The molecule has 1 heterocycles. The second-order valence-corrected chi connectivity index (χ2v) is 11.1. The van der Waals surface area contributed by atoms with Gasteiger partial charge in [-0.25, -0.2) is 8.42 Å². The Balaban J connectivity index is 1.48. The van der Waals surface area contributed by atoms with Crippen LogP contribution in [0.4, 0.5) is 10.8 Å². The molecule has 1 N–H and O–H groups in total. The molecule has 0 saturated heterocycles. The molecule has 3 aromatic carbocycles. The molecule has 1 amide bonds. The van der Waals surface area contributed by atoms with Crippen LogP contribution >= 0.6 is 34.5 Å². The average Bonchev–Trinajstić information content (AvgIpc) is 3.27. The van der Waals surface area contributed by atoms with Crippen LogP contribution in [0.25, 0.3) is 10.6 Å². The number of rotatable bonds is 7. The molecule has 4 rings (SSSR count). The number of amides is 1. The van der Waals surface area contributed by atoms with Gasteiger partial charge in [-0.1, -0.05) is 58.8 Å². The molecular formula is C23H18Cl2N4O3S2. The second kappa shape index (κ2) is 10.1. The highest BCUT2D eigenvalue weighted by atomic mass is 35.5. The smallest absolute Gasteiger partial charge is 0.257 e. The fraction of sp³-hybridized carbons (Fsp3) is 0.0870. The van der Waals surface area contributed by atoms with Crippen LogP contribution in [-0.4, -0.2) is 30.8 Å². The lowest BCUT2D eigenvalue weighted by Crippen LogP contribution is -2.29. The minimum Gasteiger partial charge on any atom is -0.296 e. The minimum atomic E-state index is -3.56. The quantitative estimate of drug-likeness (QED) is 0.328. The molecule has 0 aliphatic rings. The maximum absolute atomic E-state index is 12.7. The molecule has 0 radical (unpaired) electrons. The maximum Gasteiger partial charge on any atom is 0.257 e. The van der Waals surface area contributed by atoms with Crippen LogP contribution in [0.15, 0.2) is 72.8 Å². The number of sulfonamides is 1. The third-order valence-corrected chi connectivity index (χ3v) is 7.33. The summed E-state index contributed by atoms with van der Waals surface area (Å²) in [7, 11) is -3.56. The van der Waals surface area contributed by atoms with E-state index in [0.717, 1.165) is 17.4 Å². The predicted molar refractivity (Wildman–Crippen MR) is 137 cm³/mol. The van der Waals surface area contributed by atoms with E-state index < -0.39 is 10.0 Å². The third kappa shape index (κ3) is 5.92. The highest BCUT2D eigenvalue weighted by molar-refractivity contribution is 7.92. The molecule has 11 heteroatoms. The van der Waals surface area contributed by atoms with Gasteiger partial charge < -0.3 is 0 Å². The summed E-state index contributed by atoms with van der Waals surface area (Å²) in [6, 6.07) is 20.4. The number of aromatic nitrogens is 2. The number of benzene rings is 3. The largest absolute Gasteiger partial charge is 0.296 e. The molecule has 34 heavy (non-hydrogen) atoms. The van der Waals surface area contributed by atoms with Gasteiger partial charge >= 0.3 is 0 Å². The summed E-state index contributed by atoms with van der Waals surface area (Å²) in [6.45, 7) is 0.139. The van der Waals surface area contributed by atoms with Crippen molar-refractivity contribution in [2.75, 3.05) is 15.9 Å². The second-order valence-electron chi connectivity index (χ2n) is 7.32. The first-order valence-corrected chi connectivity index (χ1v) is 13.3. The Bertz CT molecular complexity index is 1410. The summed E-state index contributed by atoms with van der Waals surface area (Å²) < 4.78 is 26.1. The summed E-state index contributed by atoms with van der Waals surface area (Å²) in [5, 5.41) is 13.0. The first-order chi connectivity index (χ1) is 16.2. The van der Waals surface area contributed by atoms with Gasteiger partial charge in [0.1, 0.15) is 5.01 Å². The number of halogens is 2. The predicted octanol–water partition coefficient (Wildman–Crippen LogP) is 5.73. The number of carbonyl (C=O) groups is 1. The molecule has 0 spiro atoms. The lowest BCUT2D eigenvalue weighted by Gasteiger charge is -2.22. The van der Waals surface area contributed by atoms with E-state index in [2.05, 4.69) is 15.5 Å². The topological polar surface area (TPSA) is 92.3 Å². The van der Waals surface area contributed by atoms with Gasteiger partial charge in [-0.3, -0.25) is 14.4 Å². The molecule has 1 aromatic heterocycles. The number of anilines is 2. The van der Waals surface area contributed by atoms with E-state index >= 15 is 0 Å². The number of nitrogens with zero attached hydrogens (tertiary/aromatic N) is 3. The highest BCUT2D eigenvalue weighted by Crippen LogP contribution is 2.28. The molecule has 0 aliphatic carbocycles. The van der Waals surface area contributed by atoms with Crippen molar-refractivity contribution in [1.29, 1.82) is 0 Å².